The maximum Gasteiger partial charge on any atom is 0.252 e. The smallest absolute Gasteiger partial charge is 0.252 e. The minimum absolute atomic E-state index is 0. The highest BCUT2D eigenvalue weighted by molar-refractivity contribution is 5.96. The Hall–Kier alpha value is -1.85. The number of hydrogen-bond donors (Lipinski definition) is 2. The first-order valence-electron chi connectivity index (χ1n) is 7.71. The van der Waals surface area contributed by atoms with Crippen molar-refractivity contribution in [2.45, 2.75) is 32.2 Å². The molecule has 1 aliphatic heterocycles. The number of carbonyl (C=O) groups excluding carboxylic acids is 1. The largest absolute Gasteiger partial charge is 0.324 e. The van der Waals surface area contributed by atoms with Gasteiger partial charge in [-0.1, -0.05) is 6.07 Å². The second-order valence-electron chi connectivity index (χ2n) is 6.06. The van der Waals surface area contributed by atoms with Crippen LogP contribution in [0, 0.1) is 13.8 Å². The minimum Gasteiger partial charge on any atom is -0.324 e. The molecule has 5 nitrogen and oxygen atoms in total. The van der Waals surface area contributed by atoms with Crippen LogP contribution < -0.4 is 10.6 Å². The summed E-state index contributed by atoms with van der Waals surface area (Å²) in [5.41, 5.74) is 2.54. The molecular weight excluding hydrogens is 312 g/mol. The third kappa shape index (κ3) is 3.57. The van der Waals surface area contributed by atoms with Gasteiger partial charge in [-0.05, 0) is 69.1 Å². The van der Waals surface area contributed by atoms with Crippen molar-refractivity contribution < 1.29 is 4.79 Å². The van der Waals surface area contributed by atoms with E-state index in [2.05, 4.69) is 21.8 Å². The monoisotopic (exact) mass is 334 g/mol. The predicted octanol–water partition coefficient (Wildman–Crippen LogP) is 2.64. The molecular formula is C17H23ClN4O. The molecule has 0 atom stereocenters. The molecule has 0 unspecified atom stereocenters. The molecule has 3 rings (SSSR count). The van der Waals surface area contributed by atoms with E-state index in [-0.39, 0.29) is 18.3 Å². The average Bonchev–Trinajstić information content (AvgIpc) is 3.01. The maximum atomic E-state index is 13.0. The summed E-state index contributed by atoms with van der Waals surface area (Å²) in [4.78, 5) is 13.0. The number of rotatable bonds is 3. The summed E-state index contributed by atoms with van der Waals surface area (Å²) in [5.74, 6) is 0.0164. The van der Waals surface area contributed by atoms with Gasteiger partial charge in [0, 0.05) is 18.1 Å². The van der Waals surface area contributed by atoms with Crippen molar-refractivity contribution in [1.82, 2.24) is 15.1 Å². The van der Waals surface area contributed by atoms with Crippen molar-refractivity contribution in [3.63, 3.8) is 0 Å². The van der Waals surface area contributed by atoms with E-state index in [9.17, 15) is 4.79 Å². The van der Waals surface area contributed by atoms with Crippen LogP contribution in [0.4, 0.5) is 5.69 Å². The zero-order valence-electron chi connectivity index (χ0n) is 13.5. The molecule has 0 saturated carbocycles. The molecule has 0 radical (unpaired) electrons. The lowest BCUT2D eigenvalue weighted by atomic mass is 9.87. The number of benzene rings is 1. The van der Waals surface area contributed by atoms with Crippen LogP contribution in [0.25, 0.3) is 0 Å². The molecule has 1 aromatic heterocycles. The van der Waals surface area contributed by atoms with Gasteiger partial charge in [0.2, 0.25) is 0 Å². The molecule has 2 heterocycles. The van der Waals surface area contributed by atoms with Crippen molar-refractivity contribution in [3.8, 4) is 0 Å². The number of hydrogen-bond acceptors (Lipinski definition) is 3. The number of amides is 1. The minimum atomic E-state index is -0.605. The molecule has 124 valence electrons. The van der Waals surface area contributed by atoms with Crippen LogP contribution in [0.5, 0.6) is 0 Å². The summed E-state index contributed by atoms with van der Waals surface area (Å²) in [5, 5.41) is 10.8. The van der Waals surface area contributed by atoms with Gasteiger partial charge in [-0.25, -0.2) is 0 Å². The lowest BCUT2D eigenvalue weighted by Crippen LogP contribution is -2.52. The summed E-state index contributed by atoms with van der Waals surface area (Å²) in [6.07, 6.45) is 5.09. The van der Waals surface area contributed by atoms with E-state index in [1.165, 1.54) is 0 Å². The van der Waals surface area contributed by atoms with E-state index < -0.39 is 5.54 Å². The van der Waals surface area contributed by atoms with E-state index in [1.54, 1.807) is 6.20 Å². The summed E-state index contributed by atoms with van der Waals surface area (Å²) >= 11 is 0. The molecule has 1 aliphatic rings. The first kappa shape index (κ1) is 17.5. The van der Waals surface area contributed by atoms with E-state index in [4.69, 9.17) is 0 Å². The summed E-state index contributed by atoms with van der Waals surface area (Å²) in [6, 6.07) is 7.98. The second-order valence-corrected chi connectivity index (χ2v) is 6.06. The quantitative estimate of drug-likeness (QED) is 0.907. The van der Waals surface area contributed by atoms with Crippen molar-refractivity contribution >= 4 is 24.0 Å². The van der Waals surface area contributed by atoms with Gasteiger partial charge in [-0.15, -0.1) is 12.4 Å². The van der Waals surface area contributed by atoms with Crippen LogP contribution in [0.2, 0.25) is 0 Å². The Bertz CT molecular complexity index is 643. The SMILES string of the molecule is Cc1cc(C)cc(NC(=O)C2(n3cccn3)CCNCC2)c1.Cl. The van der Waals surface area contributed by atoms with Gasteiger partial charge in [0.15, 0.2) is 0 Å². The Morgan fingerprint density at radius 1 is 1.22 bits per heavy atom. The van der Waals surface area contributed by atoms with Gasteiger partial charge in [-0.2, -0.15) is 5.10 Å². The molecule has 1 aromatic carbocycles. The summed E-state index contributed by atoms with van der Waals surface area (Å²) in [7, 11) is 0. The van der Waals surface area contributed by atoms with E-state index in [0.717, 1.165) is 42.7 Å². The van der Waals surface area contributed by atoms with Crippen LogP contribution in [0.1, 0.15) is 24.0 Å². The van der Waals surface area contributed by atoms with Crippen molar-refractivity contribution in [2.75, 3.05) is 18.4 Å². The van der Waals surface area contributed by atoms with Gasteiger partial charge in [0.25, 0.3) is 5.91 Å². The standard InChI is InChI=1S/C17H22N4O.ClH/c1-13-10-14(2)12-15(11-13)20-16(22)17(4-7-18-8-5-17)21-9-3-6-19-21;/h3,6,9-12,18H,4-5,7-8H2,1-2H3,(H,20,22);1H. The van der Waals surface area contributed by atoms with Gasteiger partial charge >= 0.3 is 0 Å². The second kappa shape index (κ2) is 7.15. The first-order valence-corrected chi connectivity index (χ1v) is 7.71. The molecule has 2 aromatic rings. The highest BCUT2D eigenvalue weighted by Crippen LogP contribution is 2.29. The Labute approximate surface area is 142 Å². The van der Waals surface area contributed by atoms with Crippen molar-refractivity contribution in [2.24, 2.45) is 0 Å². The van der Waals surface area contributed by atoms with Crippen LogP contribution in [-0.2, 0) is 10.3 Å². The molecule has 23 heavy (non-hydrogen) atoms. The van der Waals surface area contributed by atoms with Crippen LogP contribution in [0.3, 0.4) is 0 Å². The van der Waals surface area contributed by atoms with Gasteiger partial charge in [-0.3, -0.25) is 9.48 Å². The number of aryl methyl sites for hydroxylation is 2. The van der Waals surface area contributed by atoms with Crippen molar-refractivity contribution in [1.29, 1.82) is 0 Å². The molecule has 0 bridgehead atoms. The Morgan fingerprint density at radius 2 is 1.87 bits per heavy atom. The highest BCUT2D eigenvalue weighted by atomic mass is 35.5. The van der Waals surface area contributed by atoms with Crippen LogP contribution in [-0.4, -0.2) is 28.8 Å². The molecule has 1 amide bonds. The fraction of sp³-hybridized carbons (Fsp3) is 0.412. The molecule has 2 N–H and O–H groups in total. The predicted molar refractivity (Wildman–Crippen MR) is 94.1 cm³/mol. The maximum absolute atomic E-state index is 13.0. The molecule has 1 saturated heterocycles. The normalized spacial score (nSPS) is 16.4. The van der Waals surface area contributed by atoms with Crippen LogP contribution >= 0.6 is 12.4 Å². The van der Waals surface area contributed by atoms with Gasteiger partial charge in [0.05, 0.1) is 0 Å². The third-order valence-electron chi connectivity index (χ3n) is 4.28. The average molecular weight is 335 g/mol. The van der Waals surface area contributed by atoms with E-state index in [1.807, 2.05) is 42.9 Å². The van der Waals surface area contributed by atoms with Gasteiger partial charge < -0.3 is 10.6 Å². The third-order valence-corrected chi connectivity index (χ3v) is 4.28. The number of aromatic nitrogens is 2. The molecule has 6 heteroatoms. The molecule has 1 fully saturated rings. The lowest BCUT2D eigenvalue weighted by Gasteiger charge is -2.36. The number of carbonyl (C=O) groups is 1. The van der Waals surface area contributed by atoms with E-state index in [0.29, 0.717) is 0 Å². The van der Waals surface area contributed by atoms with E-state index >= 15 is 0 Å². The topological polar surface area (TPSA) is 59.0 Å². The summed E-state index contributed by atoms with van der Waals surface area (Å²) < 4.78 is 1.81. The molecule has 0 aliphatic carbocycles. The number of nitrogens with one attached hydrogen (secondary N) is 2. The Morgan fingerprint density at radius 3 is 2.43 bits per heavy atom. The number of anilines is 1. The fourth-order valence-electron chi connectivity index (χ4n) is 3.22. The van der Waals surface area contributed by atoms with Crippen molar-refractivity contribution in [3.05, 3.63) is 47.8 Å². The Balaban J connectivity index is 0.00000192. The lowest BCUT2D eigenvalue weighted by molar-refractivity contribution is -0.126. The zero-order chi connectivity index (χ0) is 15.6. The number of halogens is 1. The number of nitrogens with zero attached hydrogens (tertiary/aromatic N) is 2. The number of piperidine rings is 1. The summed E-state index contributed by atoms with van der Waals surface area (Å²) in [6.45, 7) is 5.72. The first-order chi connectivity index (χ1) is 10.6. The van der Waals surface area contributed by atoms with Gasteiger partial charge in [0.1, 0.15) is 5.54 Å². The Kier molecular flexibility index (Phi) is 5.44. The van der Waals surface area contributed by atoms with Crippen LogP contribution in [0.15, 0.2) is 36.7 Å². The molecule has 0 spiro atoms. The zero-order valence-corrected chi connectivity index (χ0v) is 14.3. The fourth-order valence-corrected chi connectivity index (χ4v) is 3.22. The highest BCUT2D eigenvalue weighted by Gasteiger charge is 2.42.